The third-order valence-electron chi connectivity index (χ3n) is 12.3. The SMILES string of the molecule is CC1(C)C(/C=C/C=C2/N(CCCCCC(=O)NCCOCCOCCNC(=O)OC3CC/C=C/CCC3)c3ccc(S(=O)(=O)O)cc3C2(C)C)=[N+](CCCS(=O)(=O)O)c2ccc(S(=O)(=O)O)cc21. The van der Waals surface area contributed by atoms with Crippen LogP contribution < -0.4 is 15.5 Å². The first-order valence-electron chi connectivity index (χ1n) is 23.0. The molecule has 21 heteroatoms. The summed E-state index contributed by atoms with van der Waals surface area (Å²) < 4.78 is 119. The van der Waals surface area contributed by atoms with Crippen LogP contribution in [0.3, 0.4) is 0 Å². The van der Waals surface area contributed by atoms with Gasteiger partial charge >= 0.3 is 6.09 Å². The Morgan fingerprint density at radius 2 is 1.43 bits per heavy atom. The van der Waals surface area contributed by atoms with Gasteiger partial charge in [-0.2, -0.15) is 29.8 Å². The highest BCUT2D eigenvalue weighted by Gasteiger charge is 2.45. The smallest absolute Gasteiger partial charge is 0.407 e. The highest BCUT2D eigenvalue weighted by molar-refractivity contribution is 7.86. The molecule has 2 heterocycles. The summed E-state index contributed by atoms with van der Waals surface area (Å²) in [4.78, 5) is 26.3. The molecule has 0 saturated heterocycles. The highest BCUT2D eigenvalue weighted by Crippen LogP contribution is 2.49. The number of hydrogen-bond donors (Lipinski definition) is 5. The van der Waals surface area contributed by atoms with E-state index in [-0.39, 0.29) is 34.8 Å². The number of rotatable bonds is 24. The van der Waals surface area contributed by atoms with Crippen molar-refractivity contribution in [3.05, 3.63) is 83.6 Å². The number of nitrogens with one attached hydrogen (secondary N) is 2. The van der Waals surface area contributed by atoms with E-state index in [1.54, 1.807) is 12.1 Å². The molecule has 0 radical (unpaired) electrons. The Hall–Kier alpha value is -4.48. The molecule has 0 fully saturated rings. The summed E-state index contributed by atoms with van der Waals surface area (Å²) in [5, 5.41) is 5.58. The van der Waals surface area contributed by atoms with Gasteiger partial charge in [0.1, 0.15) is 12.6 Å². The number of allylic oxidation sites excluding steroid dienone is 6. The highest BCUT2D eigenvalue weighted by atomic mass is 32.2. The van der Waals surface area contributed by atoms with Gasteiger partial charge in [0.25, 0.3) is 30.4 Å². The number of anilines is 1. The number of amides is 2. The van der Waals surface area contributed by atoms with Crippen LogP contribution in [0.1, 0.15) is 103 Å². The van der Waals surface area contributed by atoms with Crippen LogP contribution >= 0.6 is 0 Å². The average Bonchev–Trinajstić information content (AvgIpc) is 3.58. The maximum atomic E-state index is 12.6. The zero-order valence-corrected chi connectivity index (χ0v) is 41.8. The van der Waals surface area contributed by atoms with E-state index in [1.165, 1.54) is 24.3 Å². The largest absolute Gasteiger partial charge is 0.446 e. The quantitative estimate of drug-likeness (QED) is 0.0330. The molecule has 0 aromatic heterocycles. The fourth-order valence-electron chi connectivity index (χ4n) is 8.81. The lowest BCUT2D eigenvalue weighted by molar-refractivity contribution is -0.437. The fourth-order valence-corrected chi connectivity index (χ4v) is 10.3. The molecule has 3 aliphatic rings. The number of fused-ring (bicyclic) bond motifs is 2. The summed E-state index contributed by atoms with van der Waals surface area (Å²) in [6.07, 6.45) is 16.3. The molecule has 18 nitrogen and oxygen atoms in total. The van der Waals surface area contributed by atoms with Crippen LogP contribution in [-0.2, 0) is 60.2 Å². The van der Waals surface area contributed by atoms with Crippen molar-refractivity contribution in [2.24, 2.45) is 0 Å². The fraction of sp³-hybridized carbons (Fsp3) is 0.553. The number of nitrogens with zero attached hydrogens (tertiary/aromatic N) is 2. The van der Waals surface area contributed by atoms with Gasteiger partial charge in [-0.3, -0.25) is 18.5 Å². The van der Waals surface area contributed by atoms with Crippen LogP contribution in [0, 0.1) is 0 Å². The molecule has 0 spiro atoms. The number of hydrogen-bond acceptors (Lipinski definition) is 12. The van der Waals surface area contributed by atoms with Gasteiger partial charge in [0.15, 0.2) is 5.71 Å². The molecule has 5 rings (SSSR count). The van der Waals surface area contributed by atoms with Crippen LogP contribution in [0.25, 0.3) is 0 Å². The predicted molar refractivity (Wildman–Crippen MR) is 258 cm³/mol. The zero-order valence-electron chi connectivity index (χ0n) is 39.3. The monoisotopic (exact) mass is 1010 g/mol. The molecule has 0 saturated carbocycles. The maximum absolute atomic E-state index is 12.6. The Kier molecular flexibility index (Phi) is 19.1. The van der Waals surface area contributed by atoms with Crippen molar-refractivity contribution in [1.82, 2.24) is 10.6 Å². The van der Waals surface area contributed by atoms with Crippen molar-refractivity contribution in [3.63, 3.8) is 0 Å². The summed E-state index contributed by atoms with van der Waals surface area (Å²) in [6.45, 7) is 10.3. The van der Waals surface area contributed by atoms with Gasteiger partial charge in [0.2, 0.25) is 11.6 Å². The molecule has 5 N–H and O–H groups in total. The summed E-state index contributed by atoms with van der Waals surface area (Å²) in [5.41, 5.74) is 2.58. The Bertz CT molecular complexity index is 2590. The van der Waals surface area contributed by atoms with Crippen molar-refractivity contribution >= 4 is 59.4 Å². The number of carbonyl (C=O) groups excluding carboxylic acids is 2. The first kappa shape index (κ1) is 54.5. The second-order valence-corrected chi connectivity index (χ2v) is 22.5. The van der Waals surface area contributed by atoms with Gasteiger partial charge in [0, 0.05) is 67.0 Å². The molecular weight excluding hydrogens is 941 g/mol. The molecule has 2 amide bonds. The van der Waals surface area contributed by atoms with E-state index in [0.717, 1.165) is 43.5 Å². The Morgan fingerprint density at radius 3 is 2.10 bits per heavy atom. The molecule has 2 aromatic rings. The van der Waals surface area contributed by atoms with E-state index < -0.39 is 53.0 Å². The minimum atomic E-state index is -4.53. The number of benzene rings is 2. The summed E-state index contributed by atoms with van der Waals surface area (Å²) in [5.74, 6) is -0.598. The predicted octanol–water partition coefficient (Wildman–Crippen LogP) is 6.40. The van der Waals surface area contributed by atoms with Gasteiger partial charge in [-0.25, -0.2) is 4.79 Å². The lowest BCUT2D eigenvalue weighted by Gasteiger charge is -2.27. The second kappa shape index (κ2) is 23.9. The summed E-state index contributed by atoms with van der Waals surface area (Å²) in [7, 11) is -13.3. The van der Waals surface area contributed by atoms with E-state index in [1.807, 2.05) is 50.5 Å². The molecule has 1 unspecified atom stereocenters. The number of ether oxygens (including phenoxy) is 3. The van der Waals surface area contributed by atoms with E-state index in [0.29, 0.717) is 94.3 Å². The lowest BCUT2D eigenvalue weighted by Crippen LogP contribution is -2.32. The first-order valence-corrected chi connectivity index (χ1v) is 27.5. The molecule has 68 heavy (non-hydrogen) atoms. The molecule has 2 aliphatic heterocycles. The number of carbonyl (C=O) groups is 2. The van der Waals surface area contributed by atoms with Gasteiger partial charge in [0.05, 0.1) is 47.4 Å². The van der Waals surface area contributed by atoms with E-state index in [9.17, 15) is 48.5 Å². The molecule has 0 bridgehead atoms. The number of unbranched alkanes of at least 4 members (excludes halogenated alkanes) is 2. The van der Waals surface area contributed by atoms with Gasteiger partial charge in [-0.15, -0.1) is 0 Å². The lowest BCUT2D eigenvalue weighted by atomic mass is 9.81. The van der Waals surface area contributed by atoms with E-state index >= 15 is 0 Å². The normalized spacial score (nSPS) is 19.1. The second-order valence-electron chi connectivity index (χ2n) is 18.1. The van der Waals surface area contributed by atoms with Crippen LogP contribution in [-0.4, -0.2) is 126 Å². The van der Waals surface area contributed by atoms with Crippen LogP contribution in [0.15, 0.2) is 82.3 Å². The first-order chi connectivity index (χ1) is 32.0. The minimum Gasteiger partial charge on any atom is -0.446 e. The van der Waals surface area contributed by atoms with Crippen LogP contribution in [0.5, 0.6) is 0 Å². The standard InChI is InChI=1S/C47H66N4O14S3/c1-46(2)38-33-36(67(57,58)59)20-22-40(38)50(26-12-8-11-19-44(52)48-24-28-63-30-31-64-29-25-49-45(53)65-35-15-9-6-5-7-10-16-35)42(46)17-13-18-43-47(3,4)39-34-37(68(60,61)62)21-23-41(39)51(43)27-14-32-66(54,55)56/h5-6,13,17-18,20-23,33-35H,7-12,14-16,19,24-32H2,1-4H3,(H4-,48,49,52,53,54,55,56,57,58,59,60,61,62)/p+1/b6-5+. The van der Waals surface area contributed by atoms with Gasteiger partial charge in [-0.05, 0) is 101 Å². The van der Waals surface area contributed by atoms with Crippen molar-refractivity contribution in [2.75, 3.05) is 63.3 Å². The number of alkyl carbamates (subject to hydrolysis) is 1. The van der Waals surface area contributed by atoms with Crippen molar-refractivity contribution in [1.29, 1.82) is 0 Å². The van der Waals surface area contributed by atoms with Crippen molar-refractivity contribution in [2.45, 2.75) is 119 Å². The van der Waals surface area contributed by atoms with E-state index in [4.69, 9.17) is 14.2 Å². The molecule has 2 aromatic carbocycles. The maximum Gasteiger partial charge on any atom is 0.407 e. The van der Waals surface area contributed by atoms with Crippen LogP contribution in [0.2, 0.25) is 0 Å². The topological polar surface area (TPSA) is 255 Å². The average molecular weight is 1010 g/mol. The third-order valence-corrected chi connectivity index (χ3v) is 14.9. The Balaban J connectivity index is 1.14. The molecule has 376 valence electrons. The van der Waals surface area contributed by atoms with Gasteiger partial charge in [-0.1, -0.05) is 38.5 Å². The Labute approximate surface area is 401 Å². The molecule has 1 atom stereocenters. The van der Waals surface area contributed by atoms with Crippen molar-refractivity contribution in [3.8, 4) is 0 Å². The summed E-state index contributed by atoms with van der Waals surface area (Å²) >= 11 is 0. The van der Waals surface area contributed by atoms with Crippen LogP contribution in [0.4, 0.5) is 16.2 Å². The minimum absolute atomic E-state index is 0.0614. The molecule has 1 aliphatic carbocycles. The zero-order chi connectivity index (χ0) is 49.8. The Morgan fingerprint density at radius 1 is 0.779 bits per heavy atom. The van der Waals surface area contributed by atoms with Crippen molar-refractivity contribution < 1.29 is 67.3 Å². The van der Waals surface area contributed by atoms with Gasteiger partial charge < -0.3 is 29.7 Å². The summed E-state index contributed by atoms with van der Waals surface area (Å²) in [6, 6.07) is 8.70. The third kappa shape index (κ3) is 15.3. The van der Waals surface area contributed by atoms with E-state index in [2.05, 4.69) is 27.7 Å². The molecular formula is C47H67N4O14S3+.